The topological polar surface area (TPSA) is 64.4 Å². The SMILES string of the molecule is COc1ccc(CN2C(=O)CC(Cc3cnn(C)c3)C2=O)c(Cl)c1. The van der Waals surface area contributed by atoms with Crippen molar-refractivity contribution < 1.29 is 14.3 Å². The minimum absolute atomic E-state index is 0.157. The molecule has 24 heavy (non-hydrogen) atoms. The molecule has 0 saturated carbocycles. The van der Waals surface area contributed by atoms with E-state index in [-0.39, 0.29) is 30.7 Å². The second kappa shape index (κ2) is 6.65. The Morgan fingerprint density at radius 3 is 2.79 bits per heavy atom. The molecule has 1 saturated heterocycles. The Morgan fingerprint density at radius 2 is 2.17 bits per heavy atom. The smallest absolute Gasteiger partial charge is 0.233 e. The average molecular weight is 348 g/mol. The fourth-order valence-electron chi connectivity index (χ4n) is 2.89. The maximum Gasteiger partial charge on any atom is 0.233 e. The number of likely N-dealkylation sites (tertiary alicyclic amines) is 1. The van der Waals surface area contributed by atoms with Crippen molar-refractivity contribution >= 4 is 23.4 Å². The number of rotatable bonds is 5. The Morgan fingerprint density at radius 1 is 1.38 bits per heavy atom. The summed E-state index contributed by atoms with van der Waals surface area (Å²) in [7, 11) is 3.38. The van der Waals surface area contributed by atoms with Crippen LogP contribution in [0.1, 0.15) is 17.5 Å². The number of carbonyl (C=O) groups excluding carboxylic acids is 2. The molecule has 1 atom stereocenters. The highest BCUT2D eigenvalue weighted by Gasteiger charge is 2.38. The highest BCUT2D eigenvalue weighted by atomic mass is 35.5. The summed E-state index contributed by atoms with van der Waals surface area (Å²) >= 11 is 6.21. The van der Waals surface area contributed by atoms with Gasteiger partial charge in [0.25, 0.3) is 0 Å². The number of nitrogens with zero attached hydrogens (tertiary/aromatic N) is 3. The highest BCUT2D eigenvalue weighted by Crippen LogP contribution is 2.28. The molecule has 126 valence electrons. The lowest BCUT2D eigenvalue weighted by molar-refractivity contribution is -0.140. The van der Waals surface area contributed by atoms with E-state index in [1.165, 1.54) is 4.90 Å². The molecule has 1 aromatic carbocycles. The molecule has 3 rings (SSSR count). The van der Waals surface area contributed by atoms with Gasteiger partial charge in [-0.3, -0.25) is 19.2 Å². The summed E-state index contributed by atoms with van der Waals surface area (Å²) in [6, 6.07) is 5.21. The molecule has 1 aromatic heterocycles. The second-order valence-electron chi connectivity index (χ2n) is 5.90. The van der Waals surface area contributed by atoms with E-state index < -0.39 is 0 Å². The number of aromatic nitrogens is 2. The third-order valence-electron chi connectivity index (χ3n) is 4.17. The summed E-state index contributed by atoms with van der Waals surface area (Å²) in [5, 5.41) is 4.57. The summed E-state index contributed by atoms with van der Waals surface area (Å²) in [5.41, 5.74) is 1.68. The van der Waals surface area contributed by atoms with E-state index in [0.29, 0.717) is 17.2 Å². The number of hydrogen-bond acceptors (Lipinski definition) is 4. The average Bonchev–Trinajstić information content (AvgIpc) is 3.07. The van der Waals surface area contributed by atoms with Crippen molar-refractivity contribution in [3.8, 4) is 5.75 Å². The van der Waals surface area contributed by atoms with Crippen LogP contribution in [0.25, 0.3) is 0 Å². The zero-order valence-electron chi connectivity index (χ0n) is 13.5. The highest BCUT2D eigenvalue weighted by molar-refractivity contribution is 6.31. The number of hydrogen-bond donors (Lipinski definition) is 0. The fraction of sp³-hybridized carbons (Fsp3) is 0.353. The number of methoxy groups -OCH3 is 1. The van der Waals surface area contributed by atoms with Gasteiger partial charge in [-0.1, -0.05) is 17.7 Å². The van der Waals surface area contributed by atoms with Crippen LogP contribution in [0.3, 0.4) is 0 Å². The molecule has 1 fully saturated rings. The van der Waals surface area contributed by atoms with Crippen LogP contribution < -0.4 is 4.74 Å². The molecule has 7 heteroatoms. The van der Waals surface area contributed by atoms with Crippen LogP contribution in [0.5, 0.6) is 5.75 Å². The van der Waals surface area contributed by atoms with Gasteiger partial charge in [0.2, 0.25) is 11.8 Å². The molecule has 0 radical (unpaired) electrons. The number of halogens is 1. The first-order chi connectivity index (χ1) is 11.5. The fourth-order valence-corrected chi connectivity index (χ4v) is 3.12. The van der Waals surface area contributed by atoms with Gasteiger partial charge in [-0.25, -0.2) is 0 Å². The van der Waals surface area contributed by atoms with Gasteiger partial charge in [-0.15, -0.1) is 0 Å². The molecule has 0 spiro atoms. The number of aryl methyl sites for hydroxylation is 1. The maximum absolute atomic E-state index is 12.6. The minimum Gasteiger partial charge on any atom is -0.497 e. The summed E-state index contributed by atoms with van der Waals surface area (Å²) in [4.78, 5) is 26.1. The van der Waals surface area contributed by atoms with Gasteiger partial charge < -0.3 is 4.74 Å². The Bertz CT molecular complexity index is 787. The molecule has 1 aliphatic rings. The molecule has 1 unspecified atom stereocenters. The Hall–Kier alpha value is -2.34. The molecule has 1 aliphatic heterocycles. The quantitative estimate of drug-likeness (QED) is 0.778. The van der Waals surface area contributed by atoms with Crippen molar-refractivity contribution in [2.45, 2.75) is 19.4 Å². The molecule has 0 aliphatic carbocycles. The van der Waals surface area contributed by atoms with Crippen LogP contribution in [0.4, 0.5) is 0 Å². The number of amides is 2. The van der Waals surface area contributed by atoms with Gasteiger partial charge in [0, 0.05) is 24.7 Å². The molecule has 2 aromatic rings. The van der Waals surface area contributed by atoms with Crippen LogP contribution in [-0.2, 0) is 29.6 Å². The molecular formula is C17H18ClN3O3. The van der Waals surface area contributed by atoms with Crippen molar-refractivity contribution in [1.82, 2.24) is 14.7 Å². The van der Waals surface area contributed by atoms with E-state index in [9.17, 15) is 9.59 Å². The van der Waals surface area contributed by atoms with Crippen molar-refractivity contribution in [2.24, 2.45) is 13.0 Å². The van der Waals surface area contributed by atoms with E-state index in [1.54, 1.807) is 36.2 Å². The normalized spacial score (nSPS) is 17.6. The van der Waals surface area contributed by atoms with Gasteiger partial charge >= 0.3 is 0 Å². The lowest BCUT2D eigenvalue weighted by Crippen LogP contribution is -2.30. The number of ether oxygens (including phenoxy) is 1. The van der Waals surface area contributed by atoms with Crippen LogP contribution in [0, 0.1) is 5.92 Å². The van der Waals surface area contributed by atoms with Crippen LogP contribution in [0.15, 0.2) is 30.6 Å². The van der Waals surface area contributed by atoms with Crippen molar-refractivity contribution in [2.75, 3.05) is 7.11 Å². The molecular weight excluding hydrogens is 330 g/mol. The zero-order chi connectivity index (χ0) is 17.3. The molecule has 2 amide bonds. The third kappa shape index (κ3) is 3.28. The predicted octanol–water partition coefficient (Wildman–Crippen LogP) is 2.20. The maximum atomic E-state index is 12.6. The van der Waals surface area contributed by atoms with Crippen molar-refractivity contribution in [1.29, 1.82) is 0 Å². The monoisotopic (exact) mass is 347 g/mol. The zero-order valence-corrected chi connectivity index (χ0v) is 14.3. The van der Waals surface area contributed by atoms with Crippen LogP contribution >= 0.6 is 11.6 Å². The van der Waals surface area contributed by atoms with Gasteiger partial charge in [-0.2, -0.15) is 5.10 Å². The largest absolute Gasteiger partial charge is 0.497 e. The lowest BCUT2D eigenvalue weighted by Gasteiger charge is -2.16. The van der Waals surface area contributed by atoms with Crippen molar-refractivity contribution in [3.63, 3.8) is 0 Å². The lowest BCUT2D eigenvalue weighted by atomic mass is 10.0. The molecule has 2 heterocycles. The Labute approximate surface area is 145 Å². The summed E-state index contributed by atoms with van der Waals surface area (Å²) < 4.78 is 6.79. The van der Waals surface area contributed by atoms with Gasteiger partial charge in [0.05, 0.1) is 25.8 Å². The third-order valence-corrected chi connectivity index (χ3v) is 4.52. The minimum atomic E-state index is -0.335. The summed E-state index contributed by atoms with van der Waals surface area (Å²) in [5.74, 6) is -0.0208. The van der Waals surface area contributed by atoms with E-state index in [4.69, 9.17) is 16.3 Å². The molecule has 0 N–H and O–H groups in total. The van der Waals surface area contributed by atoms with E-state index in [0.717, 1.165) is 11.1 Å². The van der Waals surface area contributed by atoms with E-state index in [1.807, 2.05) is 13.2 Å². The Kier molecular flexibility index (Phi) is 4.57. The predicted molar refractivity (Wildman–Crippen MR) is 88.6 cm³/mol. The van der Waals surface area contributed by atoms with E-state index in [2.05, 4.69) is 5.10 Å². The van der Waals surface area contributed by atoms with E-state index >= 15 is 0 Å². The first-order valence-electron chi connectivity index (χ1n) is 7.62. The standard InChI is InChI=1S/C17H18ClN3O3/c1-20-9-11(8-19-20)5-13-6-16(22)21(17(13)23)10-12-3-4-14(24-2)7-15(12)18/h3-4,7-9,13H,5-6,10H2,1-2H3. The molecule has 6 nitrogen and oxygen atoms in total. The first kappa shape index (κ1) is 16.5. The Balaban J connectivity index is 1.72. The van der Waals surface area contributed by atoms with Crippen LogP contribution in [0.2, 0.25) is 5.02 Å². The number of carbonyl (C=O) groups is 2. The first-order valence-corrected chi connectivity index (χ1v) is 8.00. The summed E-state index contributed by atoms with van der Waals surface area (Å²) in [6.45, 7) is 0.185. The van der Waals surface area contributed by atoms with Gasteiger partial charge in [0.1, 0.15) is 5.75 Å². The van der Waals surface area contributed by atoms with Crippen LogP contribution in [-0.4, -0.2) is 33.6 Å². The second-order valence-corrected chi connectivity index (χ2v) is 6.31. The van der Waals surface area contributed by atoms with Crippen molar-refractivity contribution in [3.05, 3.63) is 46.7 Å². The number of imide groups is 1. The van der Waals surface area contributed by atoms with Gasteiger partial charge in [0.15, 0.2) is 0 Å². The van der Waals surface area contributed by atoms with Gasteiger partial charge in [-0.05, 0) is 29.7 Å². The number of benzene rings is 1. The molecule has 0 bridgehead atoms. The summed E-state index contributed by atoms with van der Waals surface area (Å²) in [6.07, 6.45) is 4.33.